The van der Waals surface area contributed by atoms with Gasteiger partial charge in [-0.2, -0.15) is 0 Å². The van der Waals surface area contributed by atoms with Crippen molar-refractivity contribution in [2.75, 3.05) is 6.61 Å². The van der Waals surface area contributed by atoms with Gasteiger partial charge in [0, 0.05) is 5.57 Å². The second kappa shape index (κ2) is 3.25. The molecule has 0 rings (SSSR count). The van der Waals surface area contributed by atoms with Crippen molar-refractivity contribution in [1.29, 1.82) is 0 Å². The fraction of sp³-hybridized carbons (Fsp3) is 0.500. The fourth-order valence-electron chi connectivity index (χ4n) is 0.482. The third-order valence-corrected chi connectivity index (χ3v) is 1.06. The molecule has 0 atom stereocenters. The van der Waals surface area contributed by atoms with E-state index < -0.39 is 5.91 Å². The van der Waals surface area contributed by atoms with E-state index in [0.29, 0.717) is 5.57 Å². The summed E-state index contributed by atoms with van der Waals surface area (Å²) in [6.45, 7) is 3.20. The normalized spacial score (nSPS) is 8.78. The van der Waals surface area contributed by atoms with Crippen LogP contribution < -0.4 is 5.73 Å². The zero-order valence-electron chi connectivity index (χ0n) is 5.64. The van der Waals surface area contributed by atoms with Crippen LogP contribution in [0.15, 0.2) is 11.1 Å². The number of rotatable bonds is 2. The number of hydrogen-bond acceptors (Lipinski definition) is 2. The highest BCUT2D eigenvalue weighted by atomic mass is 16.3. The molecule has 0 saturated heterocycles. The van der Waals surface area contributed by atoms with Gasteiger partial charge in [-0.1, -0.05) is 5.57 Å². The Labute approximate surface area is 54.2 Å². The van der Waals surface area contributed by atoms with Crippen LogP contribution in [-0.2, 0) is 4.79 Å². The van der Waals surface area contributed by atoms with Crippen LogP contribution in [0.3, 0.4) is 0 Å². The molecule has 9 heavy (non-hydrogen) atoms. The monoisotopic (exact) mass is 129 g/mol. The molecule has 0 heterocycles. The molecule has 3 heteroatoms. The fourth-order valence-corrected chi connectivity index (χ4v) is 0.482. The molecule has 0 aliphatic carbocycles. The van der Waals surface area contributed by atoms with Gasteiger partial charge in [0.25, 0.3) is 0 Å². The summed E-state index contributed by atoms with van der Waals surface area (Å²) >= 11 is 0. The lowest BCUT2D eigenvalue weighted by atomic mass is 10.1. The molecule has 0 bridgehead atoms. The maximum Gasteiger partial charge on any atom is 0.246 e. The van der Waals surface area contributed by atoms with Crippen molar-refractivity contribution in [3.05, 3.63) is 11.1 Å². The smallest absolute Gasteiger partial charge is 0.246 e. The van der Waals surface area contributed by atoms with Gasteiger partial charge >= 0.3 is 0 Å². The molecule has 0 aromatic heterocycles. The molecule has 0 saturated carbocycles. The van der Waals surface area contributed by atoms with Crippen molar-refractivity contribution < 1.29 is 9.90 Å². The van der Waals surface area contributed by atoms with Gasteiger partial charge in [-0.05, 0) is 13.8 Å². The highest BCUT2D eigenvalue weighted by Gasteiger charge is 2.02. The molecular weight excluding hydrogens is 118 g/mol. The van der Waals surface area contributed by atoms with Crippen LogP contribution in [0.2, 0.25) is 0 Å². The van der Waals surface area contributed by atoms with Crippen LogP contribution in [-0.4, -0.2) is 17.6 Å². The van der Waals surface area contributed by atoms with Crippen LogP contribution in [0.4, 0.5) is 0 Å². The zero-order valence-corrected chi connectivity index (χ0v) is 5.64. The molecule has 0 aliphatic rings. The Kier molecular flexibility index (Phi) is 2.95. The first-order valence-corrected chi connectivity index (χ1v) is 2.66. The highest BCUT2D eigenvalue weighted by Crippen LogP contribution is 1.99. The van der Waals surface area contributed by atoms with Crippen molar-refractivity contribution in [2.24, 2.45) is 5.73 Å². The number of amides is 1. The Morgan fingerprint density at radius 1 is 1.56 bits per heavy atom. The second-order valence-electron chi connectivity index (χ2n) is 2.00. The Bertz CT molecular complexity index is 145. The summed E-state index contributed by atoms with van der Waals surface area (Å²) in [4.78, 5) is 10.4. The average molecular weight is 129 g/mol. The van der Waals surface area contributed by atoms with Gasteiger partial charge in [-0.25, -0.2) is 0 Å². The van der Waals surface area contributed by atoms with Crippen LogP contribution >= 0.6 is 0 Å². The van der Waals surface area contributed by atoms with E-state index in [4.69, 9.17) is 10.8 Å². The van der Waals surface area contributed by atoms with Crippen molar-refractivity contribution in [3.8, 4) is 0 Å². The van der Waals surface area contributed by atoms with E-state index in [1.165, 1.54) is 0 Å². The minimum absolute atomic E-state index is 0.266. The quantitative estimate of drug-likeness (QED) is 0.507. The molecular formula is C6H11NO2. The summed E-state index contributed by atoms with van der Waals surface area (Å²) in [6, 6.07) is 0. The summed E-state index contributed by atoms with van der Waals surface area (Å²) in [6.07, 6.45) is 0. The van der Waals surface area contributed by atoms with Gasteiger partial charge in [0.05, 0.1) is 6.61 Å². The largest absolute Gasteiger partial charge is 0.391 e. The molecule has 0 radical (unpaired) electrons. The summed E-state index contributed by atoms with van der Waals surface area (Å²) in [7, 11) is 0. The van der Waals surface area contributed by atoms with E-state index in [-0.39, 0.29) is 6.61 Å². The lowest BCUT2D eigenvalue weighted by Crippen LogP contribution is -2.17. The molecule has 0 aliphatic heterocycles. The Balaban J connectivity index is 4.35. The topological polar surface area (TPSA) is 63.3 Å². The van der Waals surface area contributed by atoms with E-state index in [0.717, 1.165) is 5.57 Å². The Hall–Kier alpha value is -0.830. The SMILES string of the molecule is CC(C)=C(CO)C(N)=O. The van der Waals surface area contributed by atoms with E-state index >= 15 is 0 Å². The lowest BCUT2D eigenvalue weighted by molar-refractivity contribution is -0.115. The third-order valence-electron chi connectivity index (χ3n) is 1.06. The van der Waals surface area contributed by atoms with Crippen molar-refractivity contribution >= 4 is 5.91 Å². The highest BCUT2D eigenvalue weighted by molar-refractivity contribution is 5.92. The molecule has 0 spiro atoms. The lowest BCUT2D eigenvalue weighted by Gasteiger charge is -1.98. The maximum absolute atomic E-state index is 10.4. The summed E-state index contributed by atoms with van der Waals surface area (Å²) in [5, 5.41) is 8.51. The van der Waals surface area contributed by atoms with Crippen LogP contribution in [0, 0.1) is 0 Å². The number of primary amides is 1. The first-order chi connectivity index (χ1) is 4.09. The number of aliphatic hydroxyl groups excluding tert-OH is 1. The Morgan fingerprint density at radius 2 is 2.00 bits per heavy atom. The third kappa shape index (κ3) is 2.28. The standard InChI is InChI=1S/C6H11NO2/c1-4(2)5(3-8)6(7)9/h8H,3H2,1-2H3,(H2,7,9). The predicted molar refractivity (Wildman–Crippen MR) is 34.7 cm³/mol. The average Bonchev–Trinajstić information content (AvgIpc) is 1.64. The first kappa shape index (κ1) is 8.17. The maximum atomic E-state index is 10.4. The van der Waals surface area contributed by atoms with E-state index in [1.807, 2.05) is 0 Å². The van der Waals surface area contributed by atoms with Gasteiger partial charge in [0.15, 0.2) is 0 Å². The van der Waals surface area contributed by atoms with Crippen molar-refractivity contribution in [1.82, 2.24) is 0 Å². The van der Waals surface area contributed by atoms with Gasteiger partial charge in [0.2, 0.25) is 5.91 Å². The van der Waals surface area contributed by atoms with Gasteiger partial charge < -0.3 is 10.8 Å². The molecule has 1 amide bonds. The number of hydrogen-bond donors (Lipinski definition) is 2. The number of aliphatic hydroxyl groups is 1. The van der Waals surface area contributed by atoms with Crippen LogP contribution in [0.1, 0.15) is 13.8 Å². The van der Waals surface area contributed by atoms with E-state index in [1.54, 1.807) is 13.8 Å². The van der Waals surface area contributed by atoms with Gasteiger partial charge in [-0.3, -0.25) is 4.79 Å². The molecule has 3 nitrogen and oxygen atoms in total. The molecule has 0 fully saturated rings. The van der Waals surface area contributed by atoms with E-state index in [2.05, 4.69) is 0 Å². The predicted octanol–water partition coefficient (Wildman–Crippen LogP) is -0.200. The van der Waals surface area contributed by atoms with Gasteiger partial charge in [-0.15, -0.1) is 0 Å². The number of carbonyl (C=O) groups is 1. The minimum Gasteiger partial charge on any atom is -0.391 e. The molecule has 0 aromatic carbocycles. The molecule has 3 N–H and O–H groups in total. The van der Waals surface area contributed by atoms with Crippen molar-refractivity contribution in [2.45, 2.75) is 13.8 Å². The summed E-state index contributed by atoms with van der Waals surface area (Å²) in [5.74, 6) is -0.544. The molecule has 0 aromatic rings. The summed E-state index contributed by atoms with van der Waals surface area (Å²) in [5.41, 5.74) is 5.96. The van der Waals surface area contributed by atoms with Crippen LogP contribution in [0.5, 0.6) is 0 Å². The van der Waals surface area contributed by atoms with E-state index in [9.17, 15) is 4.79 Å². The zero-order chi connectivity index (χ0) is 7.44. The first-order valence-electron chi connectivity index (χ1n) is 2.66. The minimum atomic E-state index is -0.544. The van der Waals surface area contributed by atoms with Crippen LogP contribution in [0.25, 0.3) is 0 Å². The molecule has 0 unspecified atom stereocenters. The summed E-state index contributed by atoms with van der Waals surface area (Å²) < 4.78 is 0. The number of nitrogens with two attached hydrogens (primary N) is 1. The van der Waals surface area contributed by atoms with Gasteiger partial charge in [0.1, 0.15) is 0 Å². The molecule has 52 valence electrons. The van der Waals surface area contributed by atoms with Crippen molar-refractivity contribution in [3.63, 3.8) is 0 Å². The second-order valence-corrected chi connectivity index (χ2v) is 2.00. The Morgan fingerprint density at radius 3 is 2.00 bits per heavy atom. The number of carbonyl (C=O) groups excluding carboxylic acids is 1. The number of allylic oxidation sites excluding steroid dienone is 1.